The molecule has 4 nitrogen and oxygen atoms in total. The number of nitrogens with zero attached hydrogens (tertiary/aromatic N) is 1. The van der Waals surface area contributed by atoms with E-state index in [1.54, 1.807) is 0 Å². The van der Waals surface area contributed by atoms with Gasteiger partial charge in [0.25, 0.3) is 0 Å². The Hall–Kier alpha value is -1.21. The molecule has 1 N–H and O–H groups in total. The molecule has 4 aliphatic rings. The van der Waals surface area contributed by atoms with Crippen molar-refractivity contribution in [1.82, 2.24) is 0 Å². The van der Waals surface area contributed by atoms with Crippen LogP contribution in [-0.4, -0.2) is 22.8 Å². The number of carbonyl (C=O) groups is 2. The summed E-state index contributed by atoms with van der Waals surface area (Å²) in [5.41, 5.74) is -0.260. The van der Waals surface area contributed by atoms with Crippen LogP contribution in [0.15, 0.2) is 0 Å². The number of nitriles is 1. The highest BCUT2D eigenvalue weighted by Gasteiger charge is 2.64. The van der Waals surface area contributed by atoms with E-state index < -0.39 is 0 Å². The molecule has 0 aliphatic heterocycles. The zero-order valence-corrected chi connectivity index (χ0v) is 16.9. The molecule has 4 fully saturated rings. The van der Waals surface area contributed by atoms with Crippen molar-refractivity contribution in [3.8, 4) is 6.07 Å². The van der Waals surface area contributed by atoms with Crippen molar-refractivity contribution in [2.75, 3.05) is 0 Å². The summed E-state index contributed by atoms with van der Waals surface area (Å²) < 4.78 is 0. The first-order valence-electron chi connectivity index (χ1n) is 10.8. The van der Waals surface area contributed by atoms with Gasteiger partial charge < -0.3 is 5.11 Å². The number of carbonyl (C=O) groups excluding carboxylic acids is 2. The second kappa shape index (κ2) is 6.41. The highest BCUT2D eigenvalue weighted by atomic mass is 16.3. The van der Waals surface area contributed by atoms with Crippen LogP contribution in [-0.2, 0) is 9.59 Å². The van der Waals surface area contributed by atoms with E-state index in [2.05, 4.69) is 20.8 Å². The summed E-state index contributed by atoms with van der Waals surface area (Å²) in [5, 5.41) is 19.3. The molecule has 0 unspecified atom stereocenters. The summed E-state index contributed by atoms with van der Waals surface area (Å²) in [6.07, 6.45) is 6.02. The number of hydrogen-bond donors (Lipinski definition) is 1. The third-order valence-electron chi connectivity index (χ3n) is 9.33. The first-order chi connectivity index (χ1) is 12.7. The third kappa shape index (κ3) is 2.64. The van der Waals surface area contributed by atoms with E-state index in [0.29, 0.717) is 30.0 Å². The molecular weight excluding hydrogens is 338 g/mol. The molecule has 4 heteroatoms. The van der Waals surface area contributed by atoms with Crippen molar-refractivity contribution >= 4 is 11.6 Å². The van der Waals surface area contributed by atoms with Gasteiger partial charge in [-0.1, -0.05) is 20.8 Å². The lowest BCUT2D eigenvalue weighted by Gasteiger charge is -2.60. The van der Waals surface area contributed by atoms with Gasteiger partial charge in [0.15, 0.2) is 5.78 Å². The molecule has 0 bridgehead atoms. The van der Waals surface area contributed by atoms with E-state index in [4.69, 9.17) is 5.26 Å². The number of aliphatic hydroxyl groups is 1. The molecule has 0 saturated heterocycles. The average Bonchev–Trinajstić information content (AvgIpc) is 2.92. The maximum absolute atomic E-state index is 13.5. The first-order valence-corrected chi connectivity index (χ1v) is 10.8. The Kier molecular flexibility index (Phi) is 4.54. The second-order valence-electron chi connectivity index (χ2n) is 10.6. The molecular formula is C23H33NO3. The van der Waals surface area contributed by atoms with Crippen LogP contribution < -0.4 is 0 Å². The van der Waals surface area contributed by atoms with Crippen LogP contribution >= 0.6 is 0 Å². The largest absolute Gasteiger partial charge is 0.393 e. The van der Waals surface area contributed by atoms with Crippen molar-refractivity contribution in [1.29, 1.82) is 5.26 Å². The smallest absolute Gasteiger partial charge is 0.150 e. The lowest BCUT2D eigenvalue weighted by atomic mass is 9.43. The fourth-order valence-electron chi connectivity index (χ4n) is 8.14. The van der Waals surface area contributed by atoms with Gasteiger partial charge in [0.2, 0.25) is 0 Å². The molecule has 4 aliphatic carbocycles. The number of hydrogen-bond acceptors (Lipinski definition) is 4. The Bertz CT molecular complexity index is 696. The molecule has 0 radical (unpaired) electrons. The van der Waals surface area contributed by atoms with Crippen LogP contribution in [0.4, 0.5) is 0 Å². The summed E-state index contributed by atoms with van der Waals surface area (Å²) >= 11 is 0. The number of aliphatic hydroxyl groups excluding tert-OH is 1. The minimum atomic E-state index is -0.255. The Balaban J connectivity index is 1.66. The summed E-state index contributed by atoms with van der Waals surface area (Å²) in [6.45, 7) is 6.59. The number of ketones is 2. The molecule has 0 aromatic heterocycles. The van der Waals surface area contributed by atoms with Crippen LogP contribution in [0.3, 0.4) is 0 Å². The fourth-order valence-corrected chi connectivity index (χ4v) is 8.14. The predicted molar refractivity (Wildman–Crippen MR) is 101 cm³/mol. The number of fused-ring (bicyclic) bond motifs is 5. The van der Waals surface area contributed by atoms with Crippen LogP contribution in [0.5, 0.6) is 0 Å². The van der Waals surface area contributed by atoms with Crippen LogP contribution in [0.2, 0.25) is 0 Å². The summed E-state index contributed by atoms with van der Waals surface area (Å²) in [5.74, 6) is 1.86. The molecule has 148 valence electrons. The molecule has 0 amide bonds. The zero-order chi connectivity index (χ0) is 19.6. The Morgan fingerprint density at radius 3 is 2.67 bits per heavy atom. The Morgan fingerprint density at radius 2 is 1.96 bits per heavy atom. The predicted octanol–water partition coefficient (Wildman–Crippen LogP) is 3.91. The molecule has 4 rings (SSSR count). The minimum Gasteiger partial charge on any atom is -0.393 e. The Labute approximate surface area is 162 Å². The van der Waals surface area contributed by atoms with Crippen molar-refractivity contribution in [2.45, 2.75) is 78.2 Å². The first kappa shape index (κ1) is 19.1. The van der Waals surface area contributed by atoms with Gasteiger partial charge in [0, 0.05) is 18.3 Å². The van der Waals surface area contributed by atoms with Gasteiger partial charge in [-0.25, -0.2) is 0 Å². The van der Waals surface area contributed by atoms with E-state index in [-0.39, 0.29) is 46.9 Å². The van der Waals surface area contributed by atoms with E-state index in [0.717, 1.165) is 38.5 Å². The fraction of sp³-hybridized carbons (Fsp3) is 0.870. The normalized spacial score (nSPS) is 51.7. The van der Waals surface area contributed by atoms with Crippen LogP contribution in [0.25, 0.3) is 0 Å². The lowest BCUT2D eigenvalue weighted by molar-refractivity contribution is -0.166. The van der Waals surface area contributed by atoms with Gasteiger partial charge in [-0.2, -0.15) is 5.26 Å². The summed E-state index contributed by atoms with van der Waals surface area (Å²) in [6, 6.07) is 2.02. The van der Waals surface area contributed by atoms with E-state index in [1.807, 2.05) is 6.07 Å². The lowest BCUT2D eigenvalue weighted by Crippen LogP contribution is -2.59. The standard InChI is InChI=1S/C23H33NO3/c1-13-11-22(2)14(10-19(13)26)4-5-15-16-6-7-17(18(25)8-9-24)23(16,3)12-20(27)21(15)22/h13-17,19,21,26H,4-8,10-12H2,1-3H3/t13-,14-,15-,16-,17+,19-,21+,22-,23-/m0/s1. The third-order valence-corrected chi connectivity index (χ3v) is 9.33. The van der Waals surface area contributed by atoms with E-state index >= 15 is 0 Å². The van der Waals surface area contributed by atoms with Crippen molar-refractivity contribution in [3.63, 3.8) is 0 Å². The molecule has 4 saturated carbocycles. The number of rotatable bonds is 2. The van der Waals surface area contributed by atoms with Gasteiger partial charge >= 0.3 is 0 Å². The van der Waals surface area contributed by atoms with Crippen LogP contribution in [0, 0.1) is 57.7 Å². The topological polar surface area (TPSA) is 78.2 Å². The van der Waals surface area contributed by atoms with Gasteiger partial charge in [-0.3, -0.25) is 9.59 Å². The van der Waals surface area contributed by atoms with Gasteiger partial charge in [-0.05, 0) is 73.0 Å². The Morgan fingerprint density at radius 1 is 1.22 bits per heavy atom. The van der Waals surface area contributed by atoms with Gasteiger partial charge in [0.05, 0.1) is 18.6 Å². The second-order valence-corrected chi connectivity index (χ2v) is 10.6. The molecule has 0 aromatic carbocycles. The van der Waals surface area contributed by atoms with Crippen molar-refractivity contribution in [3.05, 3.63) is 0 Å². The number of Topliss-reactive ketones (excluding diaryl/α,β-unsaturated/α-hetero) is 2. The quantitative estimate of drug-likeness (QED) is 0.798. The molecule has 9 atom stereocenters. The monoisotopic (exact) mass is 371 g/mol. The minimum absolute atomic E-state index is 0.00523. The van der Waals surface area contributed by atoms with E-state index in [9.17, 15) is 14.7 Å². The maximum atomic E-state index is 13.5. The average molecular weight is 372 g/mol. The SMILES string of the molecule is C[C@H]1C[C@@]2(C)[C@@H](CC[C@H]3[C@@H]4CC[C@H](C(=O)CC#N)[C@@]4(C)CC(=O)[C@@H]32)C[C@@H]1O. The molecule has 0 aromatic rings. The summed E-state index contributed by atoms with van der Waals surface area (Å²) in [4.78, 5) is 26.1. The van der Waals surface area contributed by atoms with Crippen molar-refractivity contribution < 1.29 is 14.7 Å². The highest BCUT2D eigenvalue weighted by molar-refractivity contribution is 5.88. The molecule has 27 heavy (non-hydrogen) atoms. The molecule has 0 heterocycles. The van der Waals surface area contributed by atoms with E-state index in [1.165, 1.54) is 0 Å². The van der Waals surface area contributed by atoms with Crippen LogP contribution in [0.1, 0.15) is 72.1 Å². The maximum Gasteiger partial charge on any atom is 0.150 e. The van der Waals surface area contributed by atoms with Gasteiger partial charge in [-0.15, -0.1) is 0 Å². The zero-order valence-electron chi connectivity index (χ0n) is 16.9. The molecule has 0 spiro atoms. The van der Waals surface area contributed by atoms with Gasteiger partial charge in [0.1, 0.15) is 5.78 Å². The summed E-state index contributed by atoms with van der Waals surface area (Å²) in [7, 11) is 0. The highest BCUT2D eigenvalue weighted by Crippen LogP contribution is 2.66. The van der Waals surface area contributed by atoms with Crippen molar-refractivity contribution in [2.24, 2.45) is 46.3 Å².